The highest BCUT2D eigenvalue weighted by molar-refractivity contribution is 5.54. The third kappa shape index (κ3) is 3.84. The Kier molecular flexibility index (Phi) is 6.18. The number of hydrogen-bond acceptors (Lipinski definition) is 4. The van der Waals surface area contributed by atoms with E-state index >= 15 is 0 Å². The monoisotopic (exact) mass is 344 g/mol. The van der Waals surface area contributed by atoms with Crippen molar-refractivity contribution >= 4 is 0 Å². The Hall–Kier alpha value is -2.36. The number of hydrogen-bond donors (Lipinski definition) is 0. The highest BCUT2D eigenvalue weighted by atomic mass is 16.5. The minimum absolute atomic E-state index is 0.0782. The van der Waals surface area contributed by atoms with Gasteiger partial charge >= 0.3 is 0 Å². The van der Waals surface area contributed by atoms with E-state index in [1.807, 2.05) is 31.2 Å². The Morgan fingerprint density at radius 2 is 1.28 bits per heavy atom. The number of rotatable bonds is 7. The quantitative estimate of drug-likeness (QED) is 0.722. The van der Waals surface area contributed by atoms with Gasteiger partial charge < -0.3 is 18.9 Å². The molecule has 0 bridgehead atoms. The minimum Gasteiger partial charge on any atom is -0.497 e. The molecule has 0 fully saturated rings. The van der Waals surface area contributed by atoms with E-state index in [1.54, 1.807) is 28.4 Å². The van der Waals surface area contributed by atoms with Crippen LogP contribution < -0.4 is 18.9 Å². The molecule has 2 aromatic rings. The Labute approximate surface area is 150 Å². The average molecular weight is 344 g/mol. The van der Waals surface area contributed by atoms with Crippen LogP contribution in [0.1, 0.15) is 36.5 Å². The third-order valence-corrected chi connectivity index (χ3v) is 4.52. The maximum atomic E-state index is 5.68. The molecule has 2 aromatic carbocycles. The lowest BCUT2D eigenvalue weighted by Crippen LogP contribution is -2.12. The maximum absolute atomic E-state index is 5.68. The average Bonchev–Trinajstić information content (AvgIpc) is 2.62. The van der Waals surface area contributed by atoms with Crippen LogP contribution in [0.4, 0.5) is 0 Å². The minimum atomic E-state index is 0.0782. The molecule has 4 heteroatoms. The summed E-state index contributed by atoms with van der Waals surface area (Å²) in [7, 11) is 6.75. The second kappa shape index (κ2) is 8.15. The third-order valence-electron chi connectivity index (χ3n) is 4.52. The molecule has 0 saturated heterocycles. The number of benzene rings is 2. The Bertz CT molecular complexity index is 722. The van der Waals surface area contributed by atoms with Crippen LogP contribution in [0.25, 0.3) is 0 Å². The number of methoxy groups -OCH3 is 4. The van der Waals surface area contributed by atoms with Crippen LogP contribution in [-0.4, -0.2) is 28.4 Å². The molecule has 0 aliphatic rings. The SMILES string of the molecule is COc1ccc(OC)c(C(c2cc(OC)c(C)cc2OC)C(C)C)c1. The number of aryl methyl sites for hydroxylation is 1. The summed E-state index contributed by atoms with van der Waals surface area (Å²) in [6.07, 6.45) is 0. The van der Waals surface area contributed by atoms with Gasteiger partial charge in [-0.2, -0.15) is 0 Å². The van der Waals surface area contributed by atoms with Crippen molar-refractivity contribution in [1.29, 1.82) is 0 Å². The van der Waals surface area contributed by atoms with Crippen LogP contribution >= 0.6 is 0 Å². The summed E-state index contributed by atoms with van der Waals surface area (Å²) in [5, 5.41) is 0. The highest BCUT2D eigenvalue weighted by Crippen LogP contribution is 2.44. The van der Waals surface area contributed by atoms with Crippen molar-refractivity contribution in [2.45, 2.75) is 26.7 Å². The van der Waals surface area contributed by atoms with E-state index in [9.17, 15) is 0 Å². The summed E-state index contributed by atoms with van der Waals surface area (Å²) >= 11 is 0. The van der Waals surface area contributed by atoms with Crippen LogP contribution in [0.15, 0.2) is 30.3 Å². The molecule has 0 radical (unpaired) electrons. The Morgan fingerprint density at radius 1 is 0.680 bits per heavy atom. The second-order valence-electron chi connectivity index (χ2n) is 6.39. The Balaban J connectivity index is 2.71. The van der Waals surface area contributed by atoms with Crippen LogP contribution in [-0.2, 0) is 0 Å². The van der Waals surface area contributed by atoms with Crippen molar-refractivity contribution in [3.63, 3.8) is 0 Å². The standard InChI is InChI=1S/C21H28O4/c1-13(2)21(16-11-15(22-4)8-9-18(16)23-5)17-12-19(24-6)14(3)10-20(17)25-7/h8-13,21H,1-7H3. The second-order valence-corrected chi connectivity index (χ2v) is 6.39. The van der Waals surface area contributed by atoms with Gasteiger partial charge in [0.25, 0.3) is 0 Å². The number of ether oxygens (including phenoxy) is 4. The molecule has 0 spiro atoms. The van der Waals surface area contributed by atoms with Gasteiger partial charge in [-0.25, -0.2) is 0 Å². The Morgan fingerprint density at radius 3 is 1.80 bits per heavy atom. The van der Waals surface area contributed by atoms with Gasteiger partial charge in [0.1, 0.15) is 23.0 Å². The van der Waals surface area contributed by atoms with E-state index in [4.69, 9.17) is 18.9 Å². The predicted octanol–water partition coefficient (Wildman–Crippen LogP) is 4.82. The lowest BCUT2D eigenvalue weighted by molar-refractivity contribution is 0.379. The van der Waals surface area contributed by atoms with Crippen LogP contribution in [0.3, 0.4) is 0 Å². The summed E-state index contributed by atoms with van der Waals surface area (Å²) in [6.45, 7) is 6.40. The van der Waals surface area contributed by atoms with Crippen molar-refractivity contribution < 1.29 is 18.9 Å². The van der Waals surface area contributed by atoms with Crippen molar-refractivity contribution in [1.82, 2.24) is 0 Å². The van der Waals surface area contributed by atoms with Gasteiger partial charge in [0.05, 0.1) is 28.4 Å². The molecule has 0 amide bonds. The van der Waals surface area contributed by atoms with Crippen molar-refractivity contribution in [3.8, 4) is 23.0 Å². The van der Waals surface area contributed by atoms with Gasteiger partial charge in [0, 0.05) is 17.0 Å². The fraction of sp³-hybridized carbons (Fsp3) is 0.429. The zero-order valence-corrected chi connectivity index (χ0v) is 16.2. The van der Waals surface area contributed by atoms with Gasteiger partial charge in [-0.15, -0.1) is 0 Å². The first-order valence-corrected chi connectivity index (χ1v) is 8.41. The van der Waals surface area contributed by atoms with E-state index in [2.05, 4.69) is 19.9 Å². The lowest BCUT2D eigenvalue weighted by Gasteiger charge is -2.27. The largest absolute Gasteiger partial charge is 0.497 e. The van der Waals surface area contributed by atoms with E-state index in [-0.39, 0.29) is 5.92 Å². The normalized spacial score (nSPS) is 12.0. The van der Waals surface area contributed by atoms with E-state index in [0.29, 0.717) is 5.92 Å². The molecule has 0 aliphatic heterocycles. The van der Waals surface area contributed by atoms with E-state index in [0.717, 1.165) is 39.7 Å². The highest BCUT2D eigenvalue weighted by Gasteiger charge is 2.26. The first kappa shape index (κ1) is 19.0. The van der Waals surface area contributed by atoms with E-state index in [1.165, 1.54) is 0 Å². The summed E-state index contributed by atoms with van der Waals surface area (Å²) in [5.74, 6) is 3.74. The van der Waals surface area contributed by atoms with Crippen LogP contribution in [0.5, 0.6) is 23.0 Å². The molecule has 1 unspecified atom stereocenters. The van der Waals surface area contributed by atoms with Crippen molar-refractivity contribution in [2.24, 2.45) is 5.92 Å². The first-order chi connectivity index (χ1) is 12.0. The van der Waals surface area contributed by atoms with Crippen LogP contribution in [0.2, 0.25) is 0 Å². The summed E-state index contributed by atoms with van der Waals surface area (Å²) in [5.41, 5.74) is 3.19. The molecule has 0 N–H and O–H groups in total. The molecular formula is C21H28O4. The first-order valence-electron chi connectivity index (χ1n) is 8.41. The topological polar surface area (TPSA) is 36.9 Å². The van der Waals surface area contributed by atoms with Gasteiger partial charge in [0.15, 0.2) is 0 Å². The van der Waals surface area contributed by atoms with Crippen molar-refractivity contribution in [3.05, 3.63) is 47.0 Å². The predicted molar refractivity (Wildman–Crippen MR) is 101 cm³/mol. The molecule has 0 saturated carbocycles. The van der Waals surface area contributed by atoms with Crippen LogP contribution in [0, 0.1) is 12.8 Å². The molecule has 0 aromatic heterocycles. The van der Waals surface area contributed by atoms with Gasteiger partial charge in [-0.1, -0.05) is 13.8 Å². The molecule has 0 heterocycles. The van der Waals surface area contributed by atoms with E-state index < -0.39 is 0 Å². The van der Waals surface area contributed by atoms with Gasteiger partial charge in [0.2, 0.25) is 0 Å². The fourth-order valence-corrected chi connectivity index (χ4v) is 3.29. The molecule has 2 rings (SSSR count). The molecule has 136 valence electrons. The van der Waals surface area contributed by atoms with Gasteiger partial charge in [-0.3, -0.25) is 0 Å². The summed E-state index contributed by atoms with van der Waals surface area (Å²) < 4.78 is 22.3. The fourth-order valence-electron chi connectivity index (χ4n) is 3.29. The molecular weight excluding hydrogens is 316 g/mol. The van der Waals surface area contributed by atoms with Gasteiger partial charge in [-0.05, 0) is 48.7 Å². The molecule has 25 heavy (non-hydrogen) atoms. The lowest BCUT2D eigenvalue weighted by atomic mass is 9.81. The summed E-state index contributed by atoms with van der Waals surface area (Å²) in [6, 6.07) is 9.98. The zero-order chi connectivity index (χ0) is 18.6. The molecule has 4 nitrogen and oxygen atoms in total. The smallest absolute Gasteiger partial charge is 0.123 e. The summed E-state index contributed by atoms with van der Waals surface area (Å²) in [4.78, 5) is 0. The molecule has 0 aliphatic carbocycles. The zero-order valence-electron chi connectivity index (χ0n) is 16.2. The maximum Gasteiger partial charge on any atom is 0.123 e. The molecule has 1 atom stereocenters. The van der Waals surface area contributed by atoms with Crippen molar-refractivity contribution in [2.75, 3.05) is 28.4 Å².